The van der Waals surface area contributed by atoms with Crippen molar-refractivity contribution in [3.05, 3.63) is 71.8 Å². The number of amides is 1. The molecule has 37 heavy (non-hydrogen) atoms. The van der Waals surface area contributed by atoms with Crippen LogP contribution in [0.5, 0.6) is 0 Å². The quantitative estimate of drug-likeness (QED) is 0.319. The SMILES string of the molecule is Cc1cccc(/C=N/Nc2nc(N3CCOCC3)nc3c2ncn3C2CN(C(=O)c3cccnc3)C2)c1. The molecule has 5 heterocycles. The highest BCUT2D eigenvalue weighted by Crippen LogP contribution is 2.30. The van der Waals surface area contributed by atoms with Crippen LogP contribution < -0.4 is 10.3 Å². The van der Waals surface area contributed by atoms with E-state index in [4.69, 9.17) is 14.7 Å². The summed E-state index contributed by atoms with van der Waals surface area (Å²) in [6, 6.07) is 11.7. The summed E-state index contributed by atoms with van der Waals surface area (Å²) < 4.78 is 7.54. The van der Waals surface area contributed by atoms with Crippen LogP contribution in [0.4, 0.5) is 11.8 Å². The number of likely N-dealkylation sites (tertiary alicyclic amines) is 1. The minimum atomic E-state index is -0.0229. The number of nitrogens with one attached hydrogen (secondary N) is 1. The van der Waals surface area contributed by atoms with Gasteiger partial charge in [-0.05, 0) is 24.6 Å². The van der Waals surface area contributed by atoms with Crippen molar-refractivity contribution in [2.45, 2.75) is 13.0 Å². The average molecular weight is 498 g/mol. The van der Waals surface area contributed by atoms with E-state index in [0.29, 0.717) is 67.9 Å². The zero-order chi connectivity index (χ0) is 25.2. The van der Waals surface area contributed by atoms with Gasteiger partial charge in [0.25, 0.3) is 5.91 Å². The van der Waals surface area contributed by atoms with E-state index < -0.39 is 0 Å². The minimum absolute atomic E-state index is 0.0229. The summed E-state index contributed by atoms with van der Waals surface area (Å²) in [7, 11) is 0. The fourth-order valence-corrected chi connectivity index (χ4v) is 4.54. The van der Waals surface area contributed by atoms with E-state index in [9.17, 15) is 4.79 Å². The fraction of sp³-hybridized carbons (Fsp3) is 0.308. The number of aryl methyl sites for hydroxylation is 1. The van der Waals surface area contributed by atoms with Crippen molar-refractivity contribution in [3.63, 3.8) is 0 Å². The Kier molecular flexibility index (Phi) is 6.19. The van der Waals surface area contributed by atoms with Crippen molar-refractivity contribution in [3.8, 4) is 0 Å². The Labute approximate surface area is 213 Å². The van der Waals surface area contributed by atoms with Gasteiger partial charge in [0.2, 0.25) is 5.95 Å². The van der Waals surface area contributed by atoms with Gasteiger partial charge in [0, 0.05) is 38.6 Å². The summed E-state index contributed by atoms with van der Waals surface area (Å²) in [5.74, 6) is 1.12. The third kappa shape index (κ3) is 4.73. The van der Waals surface area contributed by atoms with Crippen LogP contribution in [-0.2, 0) is 4.74 Å². The van der Waals surface area contributed by atoms with Gasteiger partial charge in [-0.2, -0.15) is 15.1 Å². The fourth-order valence-electron chi connectivity index (χ4n) is 4.54. The summed E-state index contributed by atoms with van der Waals surface area (Å²) in [5, 5.41) is 4.43. The summed E-state index contributed by atoms with van der Waals surface area (Å²) >= 11 is 0. The topological polar surface area (TPSA) is 114 Å². The van der Waals surface area contributed by atoms with Crippen LogP contribution in [-0.4, -0.2) is 80.9 Å². The molecule has 0 spiro atoms. The molecular weight excluding hydrogens is 470 g/mol. The number of ether oxygens (including phenoxy) is 1. The first kappa shape index (κ1) is 23.0. The standard InChI is InChI=1S/C26H27N9O2/c1-18-4-2-5-19(12-18)13-29-32-23-22-24(31-26(30-23)33-8-10-37-11-9-33)35(17-28-22)21-15-34(16-21)25(36)20-6-3-7-27-14-20/h2-7,12-14,17,21H,8-11,15-16H2,1H3,(H,30,31,32)/b29-13+. The Morgan fingerprint density at radius 3 is 2.81 bits per heavy atom. The molecule has 4 aromatic rings. The number of hydrazone groups is 1. The largest absolute Gasteiger partial charge is 0.378 e. The molecule has 1 aromatic carbocycles. The second-order valence-electron chi connectivity index (χ2n) is 9.19. The van der Waals surface area contributed by atoms with Crippen LogP contribution in [0, 0.1) is 6.92 Å². The number of nitrogens with zero attached hydrogens (tertiary/aromatic N) is 8. The first-order valence-corrected chi connectivity index (χ1v) is 12.3. The second kappa shape index (κ2) is 9.94. The number of carbonyl (C=O) groups excluding carboxylic acids is 1. The molecule has 0 aliphatic carbocycles. The van der Waals surface area contributed by atoms with Crippen molar-refractivity contribution < 1.29 is 9.53 Å². The maximum atomic E-state index is 12.8. The number of pyridine rings is 1. The molecular formula is C26H27N9O2. The average Bonchev–Trinajstić information content (AvgIpc) is 3.32. The van der Waals surface area contributed by atoms with Gasteiger partial charge < -0.3 is 19.1 Å². The third-order valence-electron chi connectivity index (χ3n) is 6.58. The Hall–Kier alpha value is -4.38. The Morgan fingerprint density at radius 2 is 2.03 bits per heavy atom. The minimum Gasteiger partial charge on any atom is -0.378 e. The number of carbonyl (C=O) groups is 1. The summed E-state index contributed by atoms with van der Waals surface area (Å²) in [6.07, 6.45) is 6.80. The molecule has 1 N–H and O–H groups in total. The summed E-state index contributed by atoms with van der Waals surface area (Å²) in [6.45, 7) is 5.87. The van der Waals surface area contributed by atoms with Crippen LogP contribution in [0.15, 0.2) is 60.2 Å². The number of imidazole rings is 1. The Morgan fingerprint density at radius 1 is 1.16 bits per heavy atom. The van der Waals surface area contributed by atoms with Gasteiger partial charge in [-0.3, -0.25) is 15.2 Å². The number of rotatable bonds is 6. The van der Waals surface area contributed by atoms with Crippen molar-refractivity contribution in [2.75, 3.05) is 49.7 Å². The molecule has 0 radical (unpaired) electrons. The van der Waals surface area contributed by atoms with E-state index in [2.05, 4.69) is 31.5 Å². The zero-order valence-corrected chi connectivity index (χ0v) is 20.5. The maximum Gasteiger partial charge on any atom is 0.255 e. The van der Waals surface area contributed by atoms with E-state index in [-0.39, 0.29) is 11.9 Å². The number of benzene rings is 1. The van der Waals surface area contributed by atoms with Gasteiger partial charge in [-0.1, -0.05) is 29.8 Å². The van der Waals surface area contributed by atoms with Crippen LogP contribution in [0.3, 0.4) is 0 Å². The van der Waals surface area contributed by atoms with E-state index in [1.807, 2.05) is 34.6 Å². The molecule has 11 heteroatoms. The van der Waals surface area contributed by atoms with Crippen LogP contribution >= 0.6 is 0 Å². The van der Waals surface area contributed by atoms with E-state index in [1.54, 1.807) is 37.1 Å². The summed E-state index contributed by atoms with van der Waals surface area (Å²) in [4.78, 5) is 35.0. The highest BCUT2D eigenvalue weighted by Gasteiger charge is 2.34. The number of hydrogen-bond acceptors (Lipinski definition) is 9. The third-order valence-corrected chi connectivity index (χ3v) is 6.58. The van der Waals surface area contributed by atoms with Crippen molar-refractivity contribution >= 4 is 35.1 Å². The molecule has 0 unspecified atom stereocenters. The zero-order valence-electron chi connectivity index (χ0n) is 20.5. The number of morpholine rings is 1. The molecule has 1 amide bonds. The molecule has 0 saturated carbocycles. The Bertz CT molecular complexity index is 1440. The van der Waals surface area contributed by atoms with Crippen molar-refractivity contribution in [1.82, 2.24) is 29.4 Å². The first-order valence-electron chi connectivity index (χ1n) is 12.3. The van der Waals surface area contributed by atoms with Gasteiger partial charge >= 0.3 is 0 Å². The number of fused-ring (bicyclic) bond motifs is 1. The summed E-state index contributed by atoms with van der Waals surface area (Å²) in [5.41, 5.74) is 7.18. The molecule has 188 valence electrons. The molecule has 2 aliphatic rings. The Balaban J connectivity index is 1.27. The smallest absolute Gasteiger partial charge is 0.255 e. The second-order valence-corrected chi connectivity index (χ2v) is 9.19. The molecule has 2 aliphatic heterocycles. The van der Waals surface area contributed by atoms with E-state index in [1.165, 1.54) is 5.56 Å². The molecule has 2 saturated heterocycles. The molecule has 6 rings (SSSR count). The maximum absolute atomic E-state index is 12.8. The number of anilines is 2. The molecule has 11 nitrogen and oxygen atoms in total. The lowest BCUT2D eigenvalue weighted by Gasteiger charge is -2.39. The lowest BCUT2D eigenvalue weighted by Crippen LogP contribution is -2.50. The van der Waals surface area contributed by atoms with Crippen molar-refractivity contribution in [2.24, 2.45) is 5.10 Å². The highest BCUT2D eigenvalue weighted by atomic mass is 16.5. The van der Waals surface area contributed by atoms with Gasteiger partial charge in [0.15, 0.2) is 17.0 Å². The normalized spacial score (nSPS) is 16.4. The molecule has 0 atom stereocenters. The van der Waals surface area contributed by atoms with Crippen LogP contribution in [0.2, 0.25) is 0 Å². The van der Waals surface area contributed by atoms with E-state index in [0.717, 1.165) is 5.56 Å². The van der Waals surface area contributed by atoms with Gasteiger partial charge in [-0.15, -0.1) is 0 Å². The number of aromatic nitrogens is 5. The van der Waals surface area contributed by atoms with Crippen molar-refractivity contribution in [1.29, 1.82) is 0 Å². The predicted octanol–water partition coefficient (Wildman–Crippen LogP) is 2.51. The van der Waals surface area contributed by atoms with Crippen LogP contribution in [0.25, 0.3) is 11.2 Å². The van der Waals surface area contributed by atoms with Crippen LogP contribution in [0.1, 0.15) is 27.5 Å². The predicted molar refractivity (Wildman–Crippen MR) is 140 cm³/mol. The molecule has 3 aromatic heterocycles. The highest BCUT2D eigenvalue weighted by molar-refractivity contribution is 5.94. The van der Waals surface area contributed by atoms with E-state index >= 15 is 0 Å². The lowest BCUT2D eigenvalue weighted by atomic mass is 10.1. The molecule has 2 fully saturated rings. The lowest BCUT2D eigenvalue weighted by molar-refractivity contribution is 0.0525. The van der Waals surface area contributed by atoms with Gasteiger partial charge in [0.05, 0.1) is 37.4 Å². The monoisotopic (exact) mass is 497 g/mol. The first-order chi connectivity index (χ1) is 18.2. The molecule has 0 bridgehead atoms. The number of hydrogen-bond donors (Lipinski definition) is 1. The van der Waals surface area contributed by atoms with Gasteiger partial charge in [0.1, 0.15) is 0 Å². The van der Waals surface area contributed by atoms with Gasteiger partial charge in [-0.25, -0.2) is 4.98 Å².